The molecule has 3 heteroatoms. The van der Waals surface area contributed by atoms with E-state index in [4.69, 9.17) is 0 Å². The molecule has 3 nitrogen and oxygen atoms in total. The standard InChI is InChI=1S/C17H17NO2/c1-3-7-13-10(4-2)14-15(18-13)17(20)12-9-6-5-8-11(12)16(14)19/h5-6,8-9,18H,3-4,7H2,1-2H3. The van der Waals surface area contributed by atoms with Crippen LogP contribution in [-0.2, 0) is 12.8 Å². The van der Waals surface area contributed by atoms with Crippen molar-refractivity contribution in [1.29, 1.82) is 0 Å². The number of H-pyrrole nitrogens is 1. The van der Waals surface area contributed by atoms with Crippen molar-refractivity contribution in [2.75, 3.05) is 0 Å². The third-order valence-electron chi connectivity index (χ3n) is 3.92. The van der Waals surface area contributed by atoms with Gasteiger partial charge in [0.05, 0.1) is 11.3 Å². The lowest BCUT2D eigenvalue weighted by Gasteiger charge is -2.14. The first-order valence-electron chi connectivity index (χ1n) is 7.11. The molecule has 1 heterocycles. The number of hydrogen-bond acceptors (Lipinski definition) is 2. The van der Waals surface area contributed by atoms with E-state index < -0.39 is 0 Å². The quantitative estimate of drug-likeness (QED) is 0.791. The maximum Gasteiger partial charge on any atom is 0.210 e. The van der Waals surface area contributed by atoms with E-state index in [1.807, 2.05) is 6.92 Å². The van der Waals surface area contributed by atoms with Crippen molar-refractivity contribution in [2.45, 2.75) is 33.1 Å². The number of rotatable bonds is 3. The summed E-state index contributed by atoms with van der Waals surface area (Å²) >= 11 is 0. The van der Waals surface area contributed by atoms with Crippen molar-refractivity contribution in [3.05, 3.63) is 57.9 Å². The molecular weight excluding hydrogens is 250 g/mol. The number of benzene rings is 1. The first-order chi connectivity index (χ1) is 9.69. The van der Waals surface area contributed by atoms with Gasteiger partial charge in [0.25, 0.3) is 0 Å². The Morgan fingerprint density at radius 3 is 2.25 bits per heavy atom. The molecule has 0 saturated heterocycles. The normalized spacial score (nSPS) is 13.3. The van der Waals surface area contributed by atoms with E-state index >= 15 is 0 Å². The molecule has 1 N–H and O–H groups in total. The number of aromatic nitrogens is 1. The number of aryl methyl sites for hydroxylation is 1. The molecule has 0 saturated carbocycles. The first kappa shape index (κ1) is 12.9. The average Bonchev–Trinajstić information content (AvgIpc) is 2.84. The number of ketones is 2. The van der Waals surface area contributed by atoms with E-state index in [-0.39, 0.29) is 11.6 Å². The minimum atomic E-state index is -0.0627. The zero-order valence-corrected chi connectivity index (χ0v) is 11.7. The summed E-state index contributed by atoms with van der Waals surface area (Å²) in [7, 11) is 0. The van der Waals surface area contributed by atoms with Crippen LogP contribution in [0.25, 0.3) is 0 Å². The molecule has 3 rings (SSSR count). The van der Waals surface area contributed by atoms with Crippen LogP contribution in [-0.4, -0.2) is 16.6 Å². The van der Waals surface area contributed by atoms with E-state index in [1.165, 1.54) is 0 Å². The molecule has 0 unspecified atom stereocenters. The molecule has 2 aromatic rings. The van der Waals surface area contributed by atoms with Crippen LogP contribution in [0.2, 0.25) is 0 Å². The van der Waals surface area contributed by atoms with Gasteiger partial charge < -0.3 is 4.98 Å². The number of nitrogens with one attached hydrogen (secondary N) is 1. The Morgan fingerprint density at radius 1 is 1.00 bits per heavy atom. The highest BCUT2D eigenvalue weighted by Gasteiger charge is 2.33. The van der Waals surface area contributed by atoms with Gasteiger partial charge in [-0.3, -0.25) is 9.59 Å². The Labute approximate surface area is 118 Å². The third-order valence-corrected chi connectivity index (χ3v) is 3.92. The van der Waals surface area contributed by atoms with Gasteiger partial charge in [0.1, 0.15) is 0 Å². The molecule has 0 atom stereocenters. The summed E-state index contributed by atoms with van der Waals surface area (Å²) in [5.74, 6) is -0.0853. The number of fused-ring (bicyclic) bond motifs is 2. The van der Waals surface area contributed by atoms with Crippen molar-refractivity contribution in [1.82, 2.24) is 4.98 Å². The van der Waals surface area contributed by atoms with Gasteiger partial charge in [-0.25, -0.2) is 0 Å². The fourth-order valence-electron chi connectivity index (χ4n) is 3.01. The second kappa shape index (κ2) is 4.75. The summed E-state index contributed by atoms with van der Waals surface area (Å²) in [6.45, 7) is 4.12. The smallest absolute Gasteiger partial charge is 0.210 e. The summed E-state index contributed by atoms with van der Waals surface area (Å²) < 4.78 is 0. The minimum absolute atomic E-state index is 0.0225. The van der Waals surface area contributed by atoms with Crippen molar-refractivity contribution in [3.8, 4) is 0 Å². The Hall–Kier alpha value is -2.16. The van der Waals surface area contributed by atoms with Crippen LogP contribution in [0, 0.1) is 0 Å². The van der Waals surface area contributed by atoms with E-state index in [0.717, 1.165) is 30.5 Å². The molecule has 0 aliphatic heterocycles. The summed E-state index contributed by atoms with van der Waals surface area (Å²) in [5.41, 5.74) is 4.16. The van der Waals surface area contributed by atoms with Crippen molar-refractivity contribution < 1.29 is 9.59 Å². The second-order valence-corrected chi connectivity index (χ2v) is 5.14. The first-order valence-corrected chi connectivity index (χ1v) is 7.11. The number of carbonyl (C=O) groups excluding carboxylic acids is 2. The fraction of sp³-hybridized carbons (Fsp3) is 0.294. The second-order valence-electron chi connectivity index (χ2n) is 5.14. The Kier molecular flexibility index (Phi) is 3.05. The van der Waals surface area contributed by atoms with Crippen molar-refractivity contribution in [2.24, 2.45) is 0 Å². The molecule has 0 amide bonds. The van der Waals surface area contributed by atoms with Crippen LogP contribution in [0.1, 0.15) is 63.5 Å². The van der Waals surface area contributed by atoms with Crippen LogP contribution < -0.4 is 0 Å². The largest absolute Gasteiger partial charge is 0.355 e. The van der Waals surface area contributed by atoms with Gasteiger partial charge >= 0.3 is 0 Å². The van der Waals surface area contributed by atoms with Gasteiger partial charge in [-0.1, -0.05) is 44.5 Å². The Bertz CT molecular complexity index is 710. The molecule has 20 heavy (non-hydrogen) atoms. The summed E-state index contributed by atoms with van der Waals surface area (Å²) in [4.78, 5) is 28.4. The molecular formula is C17H17NO2. The van der Waals surface area contributed by atoms with Gasteiger partial charge in [-0.15, -0.1) is 0 Å². The zero-order valence-electron chi connectivity index (χ0n) is 11.7. The predicted molar refractivity (Wildman–Crippen MR) is 77.5 cm³/mol. The zero-order chi connectivity index (χ0) is 14.3. The van der Waals surface area contributed by atoms with Gasteiger partial charge in [-0.05, 0) is 18.4 Å². The van der Waals surface area contributed by atoms with E-state index in [2.05, 4.69) is 11.9 Å². The van der Waals surface area contributed by atoms with Crippen LogP contribution in [0.5, 0.6) is 0 Å². The van der Waals surface area contributed by atoms with Gasteiger partial charge in [0, 0.05) is 16.8 Å². The van der Waals surface area contributed by atoms with Crippen LogP contribution in [0.3, 0.4) is 0 Å². The predicted octanol–water partition coefficient (Wildman–Crippen LogP) is 3.31. The van der Waals surface area contributed by atoms with Crippen LogP contribution in [0.4, 0.5) is 0 Å². The molecule has 1 aromatic heterocycles. The molecule has 1 aromatic carbocycles. The maximum absolute atomic E-state index is 12.7. The lowest BCUT2D eigenvalue weighted by molar-refractivity contribution is 0.0976. The highest BCUT2D eigenvalue weighted by molar-refractivity contribution is 6.28. The molecule has 1 aliphatic rings. The van der Waals surface area contributed by atoms with E-state index in [1.54, 1.807) is 24.3 Å². The maximum atomic E-state index is 12.7. The summed E-state index contributed by atoms with van der Waals surface area (Å²) in [6, 6.07) is 7.07. The molecule has 0 fully saturated rings. The highest BCUT2D eigenvalue weighted by atomic mass is 16.1. The van der Waals surface area contributed by atoms with Gasteiger partial charge in [0.2, 0.25) is 5.78 Å². The van der Waals surface area contributed by atoms with Crippen molar-refractivity contribution >= 4 is 11.6 Å². The topological polar surface area (TPSA) is 49.9 Å². The van der Waals surface area contributed by atoms with E-state index in [0.29, 0.717) is 22.4 Å². The SMILES string of the molecule is CCCc1[nH]c2c(c1CC)C(=O)c1ccccc1C2=O. The lowest BCUT2D eigenvalue weighted by atomic mass is 9.85. The monoisotopic (exact) mass is 267 g/mol. The third kappa shape index (κ3) is 1.66. The van der Waals surface area contributed by atoms with Gasteiger partial charge in [0.15, 0.2) is 5.78 Å². The molecule has 102 valence electrons. The van der Waals surface area contributed by atoms with Crippen molar-refractivity contribution in [3.63, 3.8) is 0 Å². The van der Waals surface area contributed by atoms with E-state index in [9.17, 15) is 9.59 Å². The highest BCUT2D eigenvalue weighted by Crippen LogP contribution is 2.31. The Balaban J connectivity index is 2.25. The number of aromatic amines is 1. The Morgan fingerprint density at radius 2 is 1.65 bits per heavy atom. The summed E-state index contributed by atoms with van der Waals surface area (Å²) in [5, 5.41) is 0. The molecule has 0 radical (unpaired) electrons. The van der Waals surface area contributed by atoms with Crippen LogP contribution >= 0.6 is 0 Å². The van der Waals surface area contributed by atoms with Gasteiger partial charge in [-0.2, -0.15) is 0 Å². The molecule has 1 aliphatic carbocycles. The lowest BCUT2D eigenvalue weighted by Crippen LogP contribution is -2.20. The minimum Gasteiger partial charge on any atom is -0.355 e. The fourth-order valence-corrected chi connectivity index (χ4v) is 3.01. The average molecular weight is 267 g/mol. The molecule has 0 spiro atoms. The molecule has 0 bridgehead atoms. The summed E-state index contributed by atoms with van der Waals surface area (Å²) in [6.07, 6.45) is 2.62. The number of carbonyl (C=O) groups is 2. The van der Waals surface area contributed by atoms with Crippen LogP contribution in [0.15, 0.2) is 24.3 Å². The number of hydrogen-bond donors (Lipinski definition) is 1.